The van der Waals surface area contributed by atoms with Crippen molar-refractivity contribution < 1.29 is 18.6 Å². The number of nitrogens with two attached hydrogens (primary N) is 1. The highest BCUT2D eigenvalue weighted by molar-refractivity contribution is 5.37. The molecule has 0 amide bonds. The highest BCUT2D eigenvalue weighted by Gasteiger charge is 2.18. The highest BCUT2D eigenvalue weighted by atomic mass is 19.1. The van der Waals surface area contributed by atoms with Crippen molar-refractivity contribution in [1.82, 2.24) is 0 Å². The standard InChI is InChI=1S/C10H13F2NO2/c1-15-9-5-6(11)4-7(12)10(9)8(13)2-3-14/h4-5,8,14H,2-3,13H2,1H3. The van der Waals surface area contributed by atoms with E-state index in [-0.39, 0.29) is 24.3 Å². The van der Waals surface area contributed by atoms with Crippen molar-refractivity contribution in [2.75, 3.05) is 13.7 Å². The smallest absolute Gasteiger partial charge is 0.134 e. The lowest BCUT2D eigenvalue weighted by molar-refractivity contribution is 0.273. The molecule has 0 saturated heterocycles. The Morgan fingerprint density at radius 2 is 2.13 bits per heavy atom. The van der Waals surface area contributed by atoms with E-state index < -0.39 is 17.7 Å². The Labute approximate surface area is 86.5 Å². The summed E-state index contributed by atoms with van der Waals surface area (Å²) in [6.45, 7) is -0.166. The molecule has 1 unspecified atom stereocenters. The lowest BCUT2D eigenvalue weighted by Crippen LogP contribution is -2.15. The summed E-state index contributed by atoms with van der Waals surface area (Å²) in [7, 11) is 1.31. The van der Waals surface area contributed by atoms with Crippen LogP contribution >= 0.6 is 0 Å². The van der Waals surface area contributed by atoms with Gasteiger partial charge in [0.05, 0.1) is 7.11 Å². The van der Waals surface area contributed by atoms with Gasteiger partial charge < -0.3 is 15.6 Å². The zero-order valence-corrected chi connectivity index (χ0v) is 8.34. The summed E-state index contributed by atoms with van der Waals surface area (Å²) in [6, 6.07) is 1.11. The fourth-order valence-corrected chi connectivity index (χ4v) is 1.37. The van der Waals surface area contributed by atoms with Gasteiger partial charge in [-0.05, 0) is 6.42 Å². The van der Waals surface area contributed by atoms with Crippen LogP contribution in [-0.4, -0.2) is 18.8 Å². The average molecular weight is 217 g/mol. The maximum absolute atomic E-state index is 13.4. The van der Waals surface area contributed by atoms with E-state index >= 15 is 0 Å². The number of halogens is 2. The van der Waals surface area contributed by atoms with Crippen LogP contribution in [0.4, 0.5) is 8.78 Å². The zero-order chi connectivity index (χ0) is 11.4. The summed E-state index contributed by atoms with van der Waals surface area (Å²) in [4.78, 5) is 0. The van der Waals surface area contributed by atoms with Crippen molar-refractivity contribution in [2.24, 2.45) is 5.73 Å². The Kier molecular flexibility index (Phi) is 3.99. The Morgan fingerprint density at radius 3 is 2.67 bits per heavy atom. The van der Waals surface area contributed by atoms with Gasteiger partial charge in [-0.3, -0.25) is 0 Å². The van der Waals surface area contributed by atoms with Gasteiger partial charge in [0.25, 0.3) is 0 Å². The SMILES string of the molecule is COc1cc(F)cc(F)c1C(N)CCO. The van der Waals surface area contributed by atoms with Crippen molar-refractivity contribution in [3.63, 3.8) is 0 Å². The molecule has 0 aliphatic carbocycles. The largest absolute Gasteiger partial charge is 0.496 e. The molecule has 1 aromatic carbocycles. The van der Waals surface area contributed by atoms with Gasteiger partial charge >= 0.3 is 0 Å². The third kappa shape index (κ3) is 2.64. The van der Waals surface area contributed by atoms with E-state index in [0.29, 0.717) is 0 Å². The quantitative estimate of drug-likeness (QED) is 0.800. The van der Waals surface area contributed by atoms with Gasteiger partial charge in [0.1, 0.15) is 17.4 Å². The van der Waals surface area contributed by atoms with Crippen LogP contribution in [-0.2, 0) is 0 Å². The Bertz CT molecular complexity index is 344. The number of methoxy groups -OCH3 is 1. The summed E-state index contributed by atoms with van der Waals surface area (Å²) in [5, 5.41) is 8.69. The molecule has 84 valence electrons. The van der Waals surface area contributed by atoms with Gasteiger partial charge in [0.2, 0.25) is 0 Å². The topological polar surface area (TPSA) is 55.5 Å². The molecule has 3 N–H and O–H groups in total. The van der Waals surface area contributed by atoms with E-state index in [1.807, 2.05) is 0 Å². The highest BCUT2D eigenvalue weighted by Crippen LogP contribution is 2.29. The molecule has 0 radical (unpaired) electrons. The monoisotopic (exact) mass is 217 g/mol. The minimum absolute atomic E-state index is 0.0634. The minimum Gasteiger partial charge on any atom is -0.496 e. The lowest BCUT2D eigenvalue weighted by atomic mass is 10.0. The van der Waals surface area contributed by atoms with Gasteiger partial charge in [0, 0.05) is 30.3 Å². The third-order valence-corrected chi connectivity index (χ3v) is 2.09. The first-order chi connectivity index (χ1) is 7.10. The molecule has 1 rings (SSSR count). The number of rotatable bonds is 4. The van der Waals surface area contributed by atoms with Gasteiger partial charge in [0.15, 0.2) is 0 Å². The first-order valence-corrected chi connectivity index (χ1v) is 4.49. The number of ether oxygens (including phenoxy) is 1. The Balaban J connectivity index is 3.14. The van der Waals surface area contributed by atoms with Crippen LogP contribution in [0.5, 0.6) is 5.75 Å². The van der Waals surface area contributed by atoms with Crippen molar-refractivity contribution in [2.45, 2.75) is 12.5 Å². The molecule has 0 spiro atoms. The zero-order valence-electron chi connectivity index (χ0n) is 8.34. The van der Waals surface area contributed by atoms with E-state index in [4.69, 9.17) is 15.6 Å². The maximum Gasteiger partial charge on any atom is 0.134 e. The second kappa shape index (κ2) is 5.04. The first-order valence-electron chi connectivity index (χ1n) is 4.49. The van der Waals surface area contributed by atoms with Crippen LogP contribution in [0.25, 0.3) is 0 Å². The number of hydrogen-bond acceptors (Lipinski definition) is 3. The Morgan fingerprint density at radius 1 is 1.47 bits per heavy atom. The molecular weight excluding hydrogens is 204 g/mol. The van der Waals surface area contributed by atoms with Crippen molar-refractivity contribution >= 4 is 0 Å². The molecule has 0 saturated carbocycles. The molecule has 0 fully saturated rings. The average Bonchev–Trinajstić information content (AvgIpc) is 2.16. The normalized spacial score (nSPS) is 12.6. The summed E-state index contributed by atoms with van der Waals surface area (Å²) >= 11 is 0. The van der Waals surface area contributed by atoms with Gasteiger partial charge in [-0.15, -0.1) is 0 Å². The second-order valence-electron chi connectivity index (χ2n) is 3.12. The van der Waals surface area contributed by atoms with E-state index in [9.17, 15) is 8.78 Å². The van der Waals surface area contributed by atoms with Crippen LogP contribution < -0.4 is 10.5 Å². The lowest BCUT2D eigenvalue weighted by Gasteiger charge is -2.15. The number of aliphatic hydroxyl groups excluding tert-OH is 1. The summed E-state index contributed by atoms with van der Waals surface area (Å²) in [5.41, 5.74) is 5.72. The second-order valence-corrected chi connectivity index (χ2v) is 3.12. The molecule has 0 aliphatic heterocycles. The first kappa shape index (κ1) is 11.9. The molecular formula is C10H13F2NO2. The molecule has 1 atom stereocenters. The van der Waals surface area contributed by atoms with Crippen molar-refractivity contribution in [3.05, 3.63) is 29.3 Å². The molecule has 0 aliphatic rings. The van der Waals surface area contributed by atoms with Gasteiger partial charge in [-0.25, -0.2) is 8.78 Å². The third-order valence-electron chi connectivity index (χ3n) is 2.09. The van der Waals surface area contributed by atoms with Crippen molar-refractivity contribution in [1.29, 1.82) is 0 Å². The molecule has 0 bridgehead atoms. The number of benzene rings is 1. The molecule has 0 aromatic heterocycles. The predicted molar refractivity (Wildman–Crippen MR) is 51.5 cm³/mol. The molecule has 5 heteroatoms. The van der Waals surface area contributed by atoms with E-state index in [1.165, 1.54) is 7.11 Å². The summed E-state index contributed by atoms with van der Waals surface area (Å²) in [5.74, 6) is -1.41. The van der Waals surface area contributed by atoms with Crippen LogP contribution in [0.3, 0.4) is 0 Å². The molecule has 15 heavy (non-hydrogen) atoms. The van der Waals surface area contributed by atoms with Gasteiger partial charge in [-0.2, -0.15) is 0 Å². The van der Waals surface area contributed by atoms with E-state index in [0.717, 1.165) is 12.1 Å². The number of hydrogen-bond donors (Lipinski definition) is 2. The molecule has 1 aromatic rings. The van der Waals surface area contributed by atoms with Gasteiger partial charge in [-0.1, -0.05) is 0 Å². The van der Waals surface area contributed by atoms with E-state index in [2.05, 4.69) is 0 Å². The molecule has 0 heterocycles. The number of aliphatic hydroxyl groups is 1. The van der Waals surface area contributed by atoms with Crippen molar-refractivity contribution in [3.8, 4) is 5.75 Å². The maximum atomic E-state index is 13.4. The Hall–Kier alpha value is -1.20. The fraction of sp³-hybridized carbons (Fsp3) is 0.400. The summed E-state index contributed by atoms with van der Waals surface area (Å²) < 4.78 is 31.1. The predicted octanol–water partition coefficient (Wildman–Crippen LogP) is 1.36. The molecule has 3 nitrogen and oxygen atoms in total. The minimum atomic E-state index is -0.757. The van der Waals surface area contributed by atoms with Crippen LogP contribution in [0.2, 0.25) is 0 Å². The van der Waals surface area contributed by atoms with Crippen LogP contribution in [0.15, 0.2) is 12.1 Å². The van der Waals surface area contributed by atoms with Crippen LogP contribution in [0, 0.1) is 11.6 Å². The fourth-order valence-electron chi connectivity index (χ4n) is 1.37. The van der Waals surface area contributed by atoms with E-state index in [1.54, 1.807) is 0 Å². The summed E-state index contributed by atoms with van der Waals surface area (Å²) in [6.07, 6.45) is 0.193. The van der Waals surface area contributed by atoms with Crippen LogP contribution in [0.1, 0.15) is 18.0 Å².